The zero-order chi connectivity index (χ0) is 19.7. The first kappa shape index (κ1) is 17.8. The zero-order valence-corrected chi connectivity index (χ0v) is 14.9. The van der Waals surface area contributed by atoms with Gasteiger partial charge in [-0.25, -0.2) is 9.97 Å². The van der Waals surface area contributed by atoms with Gasteiger partial charge in [-0.15, -0.1) is 0 Å². The number of imidazole rings is 1. The molecule has 0 aromatic carbocycles. The fourth-order valence-electron chi connectivity index (χ4n) is 2.86. The van der Waals surface area contributed by atoms with Crippen LogP contribution in [-0.4, -0.2) is 36.7 Å². The molecule has 0 amide bonds. The highest BCUT2D eigenvalue weighted by Gasteiger charge is 2.37. The Bertz CT molecular complexity index is 1020. The Hall–Kier alpha value is -3.56. The predicted molar refractivity (Wildman–Crippen MR) is 95.5 cm³/mol. The zero-order valence-electron chi connectivity index (χ0n) is 14.9. The molecule has 3 aromatic rings. The van der Waals surface area contributed by atoms with Gasteiger partial charge in [0.1, 0.15) is 18.4 Å². The molecule has 0 saturated carbocycles. The van der Waals surface area contributed by atoms with Crippen molar-refractivity contribution in [1.29, 1.82) is 0 Å². The normalized spacial score (nSPS) is 18.2. The van der Waals surface area contributed by atoms with E-state index in [0.29, 0.717) is 30.1 Å². The summed E-state index contributed by atoms with van der Waals surface area (Å²) in [5, 5.41) is 10.9. The molecule has 3 aromatic heterocycles. The van der Waals surface area contributed by atoms with E-state index in [2.05, 4.69) is 15.0 Å². The number of nitro groups is 1. The molecule has 4 rings (SSSR count). The Morgan fingerprint density at radius 3 is 2.96 bits per heavy atom. The third-order valence-electron chi connectivity index (χ3n) is 4.41. The van der Waals surface area contributed by atoms with Crippen molar-refractivity contribution >= 4 is 5.82 Å². The Morgan fingerprint density at radius 2 is 2.21 bits per heavy atom. The number of rotatable bonds is 5. The van der Waals surface area contributed by atoms with Gasteiger partial charge in [-0.1, -0.05) is 6.07 Å². The largest absolute Gasteiger partial charge is 0.473 e. The van der Waals surface area contributed by atoms with Crippen LogP contribution in [0.15, 0.2) is 42.7 Å². The van der Waals surface area contributed by atoms with Crippen LogP contribution < -0.4 is 9.47 Å². The van der Waals surface area contributed by atoms with E-state index in [0.717, 1.165) is 0 Å². The van der Waals surface area contributed by atoms with Crippen LogP contribution in [0.2, 0.25) is 0 Å². The predicted octanol–water partition coefficient (Wildman–Crippen LogP) is 3.01. The van der Waals surface area contributed by atoms with Crippen LogP contribution in [0.25, 0.3) is 11.3 Å². The molecule has 1 aliphatic heterocycles. The molecule has 144 valence electrons. The van der Waals surface area contributed by atoms with Gasteiger partial charge < -0.3 is 19.6 Å². The van der Waals surface area contributed by atoms with E-state index in [4.69, 9.17) is 9.47 Å². The highest BCUT2D eigenvalue weighted by Crippen LogP contribution is 2.30. The SMILES string of the molecule is CC1(COc2cccc(-c3ccc(F)nc3)n2)CCn2cc([N+](=O)[O-])nc2O1. The number of halogens is 1. The maximum absolute atomic E-state index is 13.0. The van der Waals surface area contributed by atoms with Gasteiger partial charge in [-0.05, 0) is 30.0 Å². The monoisotopic (exact) mass is 385 g/mol. The van der Waals surface area contributed by atoms with Crippen LogP contribution in [0, 0.1) is 16.1 Å². The Morgan fingerprint density at radius 1 is 1.36 bits per heavy atom. The summed E-state index contributed by atoms with van der Waals surface area (Å²) in [6.07, 6.45) is 3.35. The molecule has 0 bridgehead atoms. The van der Waals surface area contributed by atoms with E-state index in [1.54, 1.807) is 28.8 Å². The van der Waals surface area contributed by atoms with Crippen molar-refractivity contribution in [2.75, 3.05) is 6.61 Å². The van der Waals surface area contributed by atoms with Gasteiger partial charge in [-0.3, -0.25) is 4.57 Å². The first-order valence-electron chi connectivity index (χ1n) is 8.54. The average molecular weight is 385 g/mol. The number of hydrogen-bond acceptors (Lipinski definition) is 7. The maximum Gasteiger partial charge on any atom is 0.414 e. The quantitative estimate of drug-likeness (QED) is 0.378. The van der Waals surface area contributed by atoms with Gasteiger partial charge in [0.2, 0.25) is 11.8 Å². The van der Waals surface area contributed by atoms with E-state index in [1.165, 1.54) is 18.5 Å². The van der Waals surface area contributed by atoms with Crippen molar-refractivity contribution in [1.82, 2.24) is 19.5 Å². The molecule has 0 radical (unpaired) electrons. The summed E-state index contributed by atoms with van der Waals surface area (Å²) in [6, 6.07) is 8.31. The topological polar surface area (TPSA) is 105 Å². The first-order chi connectivity index (χ1) is 13.4. The number of hydrogen-bond donors (Lipinski definition) is 0. The Balaban J connectivity index is 1.46. The second kappa shape index (κ2) is 6.87. The summed E-state index contributed by atoms with van der Waals surface area (Å²) in [4.78, 5) is 22.3. The van der Waals surface area contributed by atoms with Gasteiger partial charge in [0.05, 0.1) is 5.69 Å². The van der Waals surface area contributed by atoms with Crippen molar-refractivity contribution in [2.45, 2.75) is 25.5 Å². The minimum Gasteiger partial charge on any atom is -0.473 e. The van der Waals surface area contributed by atoms with E-state index >= 15 is 0 Å². The summed E-state index contributed by atoms with van der Waals surface area (Å²) in [7, 11) is 0. The maximum atomic E-state index is 13.0. The van der Waals surface area contributed by atoms with Crippen molar-refractivity contribution in [2.24, 2.45) is 0 Å². The highest BCUT2D eigenvalue weighted by atomic mass is 19.1. The van der Waals surface area contributed by atoms with Crippen molar-refractivity contribution in [3.63, 3.8) is 0 Å². The van der Waals surface area contributed by atoms with Crippen LogP contribution >= 0.6 is 0 Å². The number of aryl methyl sites for hydroxylation is 1. The van der Waals surface area contributed by atoms with Gasteiger partial charge in [0.15, 0.2) is 0 Å². The van der Waals surface area contributed by atoms with Gasteiger partial charge in [0.25, 0.3) is 0 Å². The van der Waals surface area contributed by atoms with Crippen molar-refractivity contribution in [3.8, 4) is 23.1 Å². The molecule has 0 saturated heterocycles. The molecule has 9 nitrogen and oxygen atoms in total. The van der Waals surface area contributed by atoms with E-state index < -0.39 is 16.5 Å². The minimum atomic E-state index is -0.704. The molecule has 10 heteroatoms. The van der Waals surface area contributed by atoms with Gasteiger partial charge >= 0.3 is 11.8 Å². The van der Waals surface area contributed by atoms with Crippen LogP contribution in [-0.2, 0) is 6.54 Å². The van der Waals surface area contributed by atoms with Crippen LogP contribution in [0.5, 0.6) is 11.9 Å². The van der Waals surface area contributed by atoms with E-state index in [1.807, 2.05) is 6.92 Å². The molecule has 4 heterocycles. The second-order valence-corrected chi connectivity index (χ2v) is 6.65. The summed E-state index contributed by atoms with van der Waals surface area (Å²) < 4.78 is 26.2. The number of pyridine rings is 2. The lowest BCUT2D eigenvalue weighted by Gasteiger charge is -2.32. The summed E-state index contributed by atoms with van der Waals surface area (Å²) in [6.45, 7) is 2.57. The van der Waals surface area contributed by atoms with Crippen molar-refractivity contribution < 1.29 is 18.8 Å². The van der Waals surface area contributed by atoms with Gasteiger partial charge in [-0.2, -0.15) is 4.39 Å². The smallest absolute Gasteiger partial charge is 0.414 e. The number of nitrogens with zero attached hydrogens (tertiary/aromatic N) is 5. The summed E-state index contributed by atoms with van der Waals surface area (Å²) in [5.41, 5.74) is 0.567. The molecule has 1 atom stereocenters. The number of ether oxygens (including phenoxy) is 2. The Kier molecular flexibility index (Phi) is 4.38. The van der Waals surface area contributed by atoms with Gasteiger partial charge in [0, 0.05) is 35.8 Å². The fraction of sp³-hybridized carbons (Fsp3) is 0.278. The molecule has 0 spiro atoms. The minimum absolute atomic E-state index is 0.186. The molecule has 1 unspecified atom stereocenters. The fourth-order valence-corrected chi connectivity index (χ4v) is 2.86. The third-order valence-corrected chi connectivity index (χ3v) is 4.41. The third kappa shape index (κ3) is 3.61. The molecule has 0 aliphatic carbocycles. The van der Waals surface area contributed by atoms with Crippen LogP contribution in [0.4, 0.5) is 10.2 Å². The average Bonchev–Trinajstić information content (AvgIpc) is 3.11. The molecular weight excluding hydrogens is 369 g/mol. The van der Waals surface area contributed by atoms with E-state index in [9.17, 15) is 14.5 Å². The molecule has 0 fully saturated rings. The number of aromatic nitrogens is 4. The number of fused-ring (bicyclic) bond motifs is 1. The molecule has 1 aliphatic rings. The summed E-state index contributed by atoms with van der Waals surface area (Å²) in [5.74, 6) is -0.425. The lowest BCUT2D eigenvalue weighted by Crippen LogP contribution is -2.43. The van der Waals surface area contributed by atoms with Crippen molar-refractivity contribution in [3.05, 3.63) is 58.8 Å². The molecular formula is C18H16FN5O4. The first-order valence-corrected chi connectivity index (χ1v) is 8.54. The lowest BCUT2D eigenvalue weighted by atomic mass is 10.0. The standard InChI is InChI=1S/C18H16FN5O4/c1-18(7-8-23-10-15(24(25)26)22-17(23)28-18)11-27-16-4-2-3-13(21-16)12-5-6-14(19)20-9-12/h2-6,9-10H,7-8,11H2,1H3. The Labute approximate surface area is 158 Å². The van der Waals surface area contributed by atoms with E-state index in [-0.39, 0.29) is 18.4 Å². The molecule has 28 heavy (non-hydrogen) atoms. The lowest BCUT2D eigenvalue weighted by molar-refractivity contribution is -0.389. The second-order valence-electron chi connectivity index (χ2n) is 6.65. The molecule has 0 N–H and O–H groups in total. The summed E-state index contributed by atoms with van der Waals surface area (Å²) >= 11 is 0. The highest BCUT2D eigenvalue weighted by molar-refractivity contribution is 5.58. The van der Waals surface area contributed by atoms with Crippen LogP contribution in [0.3, 0.4) is 0 Å². The van der Waals surface area contributed by atoms with Crippen LogP contribution in [0.1, 0.15) is 13.3 Å².